The molecule has 0 spiro atoms. The van der Waals surface area contributed by atoms with Crippen molar-refractivity contribution in [3.05, 3.63) is 39.9 Å². The molecule has 1 aliphatic heterocycles. The van der Waals surface area contributed by atoms with Gasteiger partial charge in [0.25, 0.3) is 11.6 Å². The minimum Gasteiger partial charge on any atom is -0.341 e. The number of rotatable bonds is 5. The normalized spacial score (nSPS) is 18.5. The minimum absolute atomic E-state index is 0.153. The number of amides is 2. The summed E-state index contributed by atoms with van der Waals surface area (Å²) in [7, 11) is 0. The van der Waals surface area contributed by atoms with Crippen LogP contribution in [0.4, 0.5) is 5.69 Å². The maximum Gasteiger partial charge on any atom is 0.270 e. The van der Waals surface area contributed by atoms with Crippen LogP contribution in [0.5, 0.6) is 0 Å². The van der Waals surface area contributed by atoms with Crippen LogP contribution in [0.25, 0.3) is 0 Å². The van der Waals surface area contributed by atoms with E-state index in [1.165, 1.54) is 24.3 Å². The van der Waals surface area contributed by atoms with Crippen LogP contribution < -0.4 is 11.1 Å². The summed E-state index contributed by atoms with van der Waals surface area (Å²) >= 11 is 0. The van der Waals surface area contributed by atoms with Crippen LogP contribution in [0.2, 0.25) is 0 Å². The van der Waals surface area contributed by atoms with E-state index in [0.29, 0.717) is 25.6 Å². The molecule has 3 N–H and O–H groups in total. The van der Waals surface area contributed by atoms with E-state index in [2.05, 4.69) is 5.32 Å². The van der Waals surface area contributed by atoms with E-state index < -0.39 is 16.9 Å². The highest BCUT2D eigenvalue weighted by molar-refractivity contribution is 5.97. The van der Waals surface area contributed by atoms with E-state index >= 15 is 0 Å². The first-order valence-electron chi connectivity index (χ1n) is 7.46. The van der Waals surface area contributed by atoms with Gasteiger partial charge in [0.2, 0.25) is 5.91 Å². The van der Waals surface area contributed by atoms with Gasteiger partial charge in [0, 0.05) is 30.8 Å². The van der Waals surface area contributed by atoms with E-state index in [1.54, 1.807) is 11.8 Å². The summed E-state index contributed by atoms with van der Waals surface area (Å²) in [4.78, 5) is 36.3. The second-order valence-electron chi connectivity index (χ2n) is 5.68. The van der Waals surface area contributed by atoms with Crippen molar-refractivity contribution < 1.29 is 14.5 Å². The Balaban J connectivity index is 1.98. The molecule has 2 rings (SSSR count). The van der Waals surface area contributed by atoms with Crippen LogP contribution in [0.1, 0.15) is 23.7 Å². The zero-order chi connectivity index (χ0) is 17.0. The van der Waals surface area contributed by atoms with Gasteiger partial charge in [-0.25, -0.2) is 0 Å². The number of carbonyl (C=O) groups excluding carboxylic acids is 2. The van der Waals surface area contributed by atoms with Crippen molar-refractivity contribution in [2.24, 2.45) is 11.7 Å². The van der Waals surface area contributed by atoms with Gasteiger partial charge >= 0.3 is 0 Å². The Morgan fingerprint density at radius 1 is 1.52 bits per heavy atom. The fraction of sp³-hybridized carbons (Fsp3) is 0.467. The number of nitro groups is 1. The molecule has 1 heterocycles. The number of carbonyl (C=O) groups is 2. The third kappa shape index (κ3) is 4.04. The van der Waals surface area contributed by atoms with Crippen LogP contribution in [0.15, 0.2) is 24.3 Å². The second-order valence-corrected chi connectivity index (χ2v) is 5.68. The lowest BCUT2D eigenvalue weighted by atomic mass is 10.1. The average molecular weight is 320 g/mol. The van der Waals surface area contributed by atoms with Crippen LogP contribution in [-0.4, -0.2) is 47.3 Å². The van der Waals surface area contributed by atoms with Gasteiger partial charge in [-0.3, -0.25) is 19.7 Å². The molecule has 1 saturated heterocycles. The van der Waals surface area contributed by atoms with Crippen molar-refractivity contribution in [1.29, 1.82) is 0 Å². The highest BCUT2D eigenvalue weighted by Gasteiger charge is 2.29. The molecule has 2 unspecified atom stereocenters. The molecule has 23 heavy (non-hydrogen) atoms. The lowest BCUT2D eigenvalue weighted by Gasteiger charge is -2.21. The van der Waals surface area contributed by atoms with Gasteiger partial charge in [0.15, 0.2) is 0 Å². The van der Waals surface area contributed by atoms with Crippen molar-refractivity contribution in [2.75, 3.05) is 19.6 Å². The first-order valence-corrected chi connectivity index (χ1v) is 7.46. The molecular formula is C15H20N4O4. The molecular weight excluding hydrogens is 300 g/mol. The number of nitrogens with zero attached hydrogens (tertiary/aromatic N) is 2. The predicted octanol–water partition coefficient (Wildman–Crippen LogP) is 0.520. The fourth-order valence-corrected chi connectivity index (χ4v) is 2.60. The highest BCUT2D eigenvalue weighted by atomic mass is 16.6. The number of likely N-dealkylation sites (tertiary alicyclic amines) is 1. The van der Waals surface area contributed by atoms with Gasteiger partial charge in [-0.05, 0) is 31.9 Å². The number of hydrogen-bond acceptors (Lipinski definition) is 5. The standard InChI is InChI=1S/C15H20N4O4/c1-10(15(21)18-6-5-11(8-16)9-18)17-14(20)12-3-2-4-13(7-12)19(22)23/h2-4,7,10-11H,5-6,8-9,16H2,1H3,(H,17,20). The molecule has 0 saturated carbocycles. The second kappa shape index (κ2) is 7.19. The topological polar surface area (TPSA) is 119 Å². The summed E-state index contributed by atoms with van der Waals surface area (Å²) < 4.78 is 0. The van der Waals surface area contributed by atoms with Crippen molar-refractivity contribution >= 4 is 17.5 Å². The summed E-state index contributed by atoms with van der Waals surface area (Å²) in [6, 6.07) is 4.71. The van der Waals surface area contributed by atoms with Gasteiger partial charge in [-0.1, -0.05) is 6.07 Å². The molecule has 2 atom stereocenters. The molecule has 8 nitrogen and oxygen atoms in total. The molecule has 1 aliphatic rings. The molecule has 0 aliphatic carbocycles. The molecule has 124 valence electrons. The minimum atomic E-state index is -0.696. The molecule has 0 radical (unpaired) electrons. The molecule has 1 aromatic rings. The molecule has 0 bridgehead atoms. The maximum absolute atomic E-state index is 12.3. The van der Waals surface area contributed by atoms with Gasteiger partial charge in [0.1, 0.15) is 6.04 Å². The lowest BCUT2D eigenvalue weighted by molar-refractivity contribution is -0.384. The van der Waals surface area contributed by atoms with E-state index in [9.17, 15) is 19.7 Å². The molecule has 0 aromatic heterocycles. The number of benzene rings is 1. The monoisotopic (exact) mass is 320 g/mol. The van der Waals surface area contributed by atoms with Gasteiger partial charge < -0.3 is 16.0 Å². The number of hydrogen-bond donors (Lipinski definition) is 2. The molecule has 8 heteroatoms. The van der Waals surface area contributed by atoms with Gasteiger partial charge in [-0.2, -0.15) is 0 Å². The summed E-state index contributed by atoms with van der Waals surface area (Å²) in [6.45, 7) is 3.38. The number of nitrogens with two attached hydrogens (primary N) is 1. The summed E-state index contributed by atoms with van der Waals surface area (Å²) in [5, 5.41) is 13.3. The quantitative estimate of drug-likeness (QED) is 0.605. The van der Waals surface area contributed by atoms with E-state index in [4.69, 9.17) is 5.73 Å². The number of nitrogens with one attached hydrogen (secondary N) is 1. The Hall–Kier alpha value is -2.48. The first-order chi connectivity index (χ1) is 10.9. The number of nitro benzene ring substituents is 1. The van der Waals surface area contributed by atoms with E-state index in [1.807, 2.05) is 0 Å². The Morgan fingerprint density at radius 3 is 2.87 bits per heavy atom. The van der Waals surface area contributed by atoms with E-state index in [0.717, 1.165) is 6.42 Å². The van der Waals surface area contributed by atoms with Crippen LogP contribution in [-0.2, 0) is 4.79 Å². The lowest BCUT2D eigenvalue weighted by Crippen LogP contribution is -2.46. The van der Waals surface area contributed by atoms with Crippen LogP contribution in [0.3, 0.4) is 0 Å². The van der Waals surface area contributed by atoms with Crippen molar-refractivity contribution in [3.8, 4) is 0 Å². The Morgan fingerprint density at radius 2 is 2.26 bits per heavy atom. The highest BCUT2D eigenvalue weighted by Crippen LogP contribution is 2.16. The van der Waals surface area contributed by atoms with Crippen molar-refractivity contribution in [1.82, 2.24) is 10.2 Å². The third-order valence-corrected chi connectivity index (χ3v) is 3.97. The molecule has 1 fully saturated rings. The van der Waals surface area contributed by atoms with Crippen molar-refractivity contribution in [3.63, 3.8) is 0 Å². The Kier molecular flexibility index (Phi) is 5.28. The Bertz CT molecular complexity index is 619. The maximum atomic E-state index is 12.3. The smallest absolute Gasteiger partial charge is 0.270 e. The summed E-state index contributed by atoms with van der Waals surface area (Å²) in [6.07, 6.45) is 0.869. The third-order valence-electron chi connectivity index (χ3n) is 3.97. The first kappa shape index (κ1) is 16.9. The Labute approximate surface area is 133 Å². The molecule has 2 amide bonds. The van der Waals surface area contributed by atoms with Crippen LogP contribution >= 0.6 is 0 Å². The van der Waals surface area contributed by atoms with Gasteiger partial charge in [-0.15, -0.1) is 0 Å². The zero-order valence-electron chi connectivity index (χ0n) is 12.9. The van der Waals surface area contributed by atoms with Crippen LogP contribution in [0, 0.1) is 16.0 Å². The number of non-ortho nitro benzene ring substituents is 1. The van der Waals surface area contributed by atoms with Gasteiger partial charge in [0.05, 0.1) is 4.92 Å². The van der Waals surface area contributed by atoms with Crippen molar-refractivity contribution in [2.45, 2.75) is 19.4 Å². The summed E-state index contributed by atoms with van der Waals surface area (Å²) in [5.41, 5.74) is 5.59. The molecule has 1 aromatic carbocycles. The zero-order valence-corrected chi connectivity index (χ0v) is 12.9. The van der Waals surface area contributed by atoms with E-state index in [-0.39, 0.29) is 17.2 Å². The average Bonchev–Trinajstić information content (AvgIpc) is 3.03. The summed E-state index contributed by atoms with van der Waals surface area (Å²) in [5.74, 6) is -0.373. The largest absolute Gasteiger partial charge is 0.341 e. The predicted molar refractivity (Wildman–Crippen MR) is 83.8 cm³/mol. The fourth-order valence-electron chi connectivity index (χ4n) is 2.60. The SMILES string of the molecule is CC(NC(=O)c1cccc([N+](=O)[O-])c1)C(=O)N1CCC(CN)C1.